The predicted molar refractivity (Wildman–Crippen MR) is 55.4 cm³/mol. The van der Waals surface area contributed by atoms with Gasteiger partial charge in [0.2, 0.25) is 0 Å². The Morgan fingerprint density at radius 1 is 0.452 bits per heavy atom. The third-order valence-electron chi connectivity index (χ3n) is 2.76. The van der Waals surface area contributed by atoms with Gasteiger partial charge in [-0.3, -0.25) is 0 Å². The Balaban J connectivity index is 0. The van der Waals surface area contributed by atoms with Crippen LogP contribution in [0.25, 0.3) is 0 Å². The summed E-state index contributed by atoms with van der Waals surface area (Å²) in [6.45, 7) is 0. The molecule has 0 rings (SSSR count). The van der Waals surface area contributed by atoms with E-state index < -0.39 is 57.5 Å². The van der Waals surface area contributed by atoms with Crippen molar-refractivity contribution < 1.29 is 97.1 Å². The van der Waals surface area contributed by atoms with E-state index >= 15 is 0 Å². The smallest absolute Gasteiger partial charge is 0.412 e. The van der Waals surface area contributed by atoms with Gasteiger partial charge in [0.1, 0.15) is 0 Å². The molecule has 0 aromatic rings. The Hall–Kier alpha value is -1.39. The van der Waals surface area contributed by atoms with Crippen LogP contribution in [-0.2, 0) is 14.3 Å². The van der Waals surface area contributed by atoms with Gasteiger partial charge in [0.25, 0.3) is 0 Å². The highest BCUT2D eigenvalue weighted by molar-refractivity contribution is 7.87. The van der Waals surface area contributed by atoms with Crippen molar-refractivity contribution in [3.05, 3.63) is 0 Å². The molecule has 0 aliphatic heterocycles. The Morgan fingerprint density at radius 3 is 1.00 bits per heavy atom. The van der Waals surface area contributed by atoms with Gasteiger partial charge >= 0.3 is 57.5 Å². The monoisotopic (exact) mass is 536 g/mol. The predicted octanol–water partition coefficient (Wildman–Crippen LogP) is 4.36. The van der Waals surface area contributed by atoms with E-state index in [2.05, 4.69) is 0 Å². The number of halogens is 18. The molecule has 0 amide bonds. The van der Waals surface area contributed by atoms with Gasteiger partial charge in [-0.1, -0.05) is 0 Å². The molecular weight excluding hydrogens is 534 g/mol. The lowest BCUT2D eigenvalue weighted by Crippen LogP contribution is -2.70. The topological polar surface area (TPSA) is 74.9 Å². The molecule has 0 aliphatic carbocycles. The Kier molecular flexibility index (Phi) is 7.78. The third kappa shape index (κ3) is 4.43. The largest absolute Gasteiger partial charge is 0.472 e. The van der Waals surface area contributed by atoms with Crippen LogP contribution in [0.15, 0.2) is 0 Å². The van der Waals surface area contributed by atoms with Crippen LogP contribution >= 0.6 is 0 Å². The molecule has 0 aromatic heterocycles. The van der Waals surface area contributed by atoms with Crippen LogP contribution in [-0.4, -0.2) is 61.3 Å². The van der Waals surface area contributed by atoms with E-state index in [0.29, 0.717) is 0 Å². The SMILES string of the molecule is O.O=S(=O)(OC(F)(F)C(F)(F)C(F)(F)C(F)(F)C(F)(F)C(F)(F)F)C(F)(F)C(F)(F)F. The molecule has 0 aromatic carbocycles. The summed E-state index contributed by atoms with van der Waals surface area (Å²) in [6.07, 6.45) is -23.4. The molecule has 0 atom stereocenters. The van der Waals surface area contributed by atoms with Crippen molar-refractivity contribution in [2.45, 2.75) is 47.4 Å². The van der Waals surface area contributed by atoms with Crippen molar-refractivity contribution in [2.24, 2.45) is 0 Å². The first-order valence-corrected chi connectivity index (χ1v) is 7.22. The normalized spacial score (nSPS) is 16.2. The molecule has 0 saturated carbocycles. The highest BCUT2D eigenvalue weighted by atomic mass is 32.2. The summed E-state index contributed by atoms with van der Waals surface area (Å²) in [4.78, 5) is 0. The minimum Gasteiger partial charge on any atom is -0.412 e. The number of alkyl halides is 18. The van der Waals surface area contributed by atoms with E-state index in [4.69, 9.17) is 0 Å². The molecule has 0 aliphatic rings. The van der Waals surface area contributed by atoms with E-state index in [-0.39, 0.29) is 5.48 Å². The molecule has 0 fully saturated rings. The van der Waals surface area contributed by atoms with Gasteiger partial charge in [-0.05, 0) is 0 Å². The molecule has 0 bridgehead atoms. The van der Waals surface area contributed by atoms with Gasteiger partial charge in [-0.15, -0.1) is 0 Å². The van der Waals surface area contributed by atoms with Crippen molar-refractivity contribution in [3.8, 4) is 0 Å². The summed E-state index contributed by atoms with van der Waals surface area (Å²) >= 11 is 0. The first-order valence-electron chi connectivity index (χ1n) is 5.81. The van der Waals surface area contributed by atoms with Crippen molar-refractivity contribution in [1.29, 1.82) is 0 Å². The molecule has 0 spiro atoms. The fourth-order valence-corrected chi connectivity index (χ4v) is 1.91. The van der Waals surface area contributed by atoms with E-state index in [1.807, 2.05) is 0 Å². The van der Waals surface area contributed by atoms with Crippen LogP contribution in [0.2, 0.25) is 0 Å². The molecule has 31 heavy (non-hydrogen) atoms. The first-order chi connectivity index (χ1) is 12.5. The van der Waals surface area contributed by atoms with Gasteiger partial charge in [0.05, 0.1) is 0 Å². The highest BCUT2D eigenvalue weighted by Crippen LogP contribution is 2.61. The molecular formula is C8H2F18O4S. The molecule has 0 heterocycles. The molecule has 0 radical (unpaired) electrons. The average molecular weight is 536 g/mol. The Bertz CT molecular complexity index is 746. The molecule has 0 unspecified atom stereocenters. The average Bonchev–Trinajstić information content (AvgIpc) is 2.42. The molecule has 0 saturated heterocycles. The summed E-state index contributed by atoms with van der Waals surface area (Å²) in [7, 11) is -8.50. The van der Waals surface area contributed by atoms with Crippen LogP contribution in [0.3, 0.4) is 0 Å². The van der Waals surface area contributed by atoms with Crippen LogP contribution in [0, 0.1) is 0 Å². The Morgan fingerprint density at radius 2 is 0.742 bits per heavy atom. The van der Waals surface area contributed by atoms with E-state index in [9.17, 15) is 87.4 Å². The second kappa shape index (κ2) is 7.59. The maximum Gasteiger partial charge on any atom is 0.472 e. The van der Waals surface area contributed by atoms with Crippen molar-refractivity contribution in [2.75, 3.05) is 0 Å². The zero-order chi connectivity index (χ0) is 25.2. The molecule has 4 nitrogen and oxygen atoms in total. The summed E-state index contributed by atoms with van der Waals surface area (Å²) < 4.78 is 246. The van der Waals surface area contributed by atoms with Gasteiger partial charge in [0.15, 0.2) is 0 Å². The molecule has 23 heteroatoms. The van der Waals surface area contributed by atoms with E-state index in [1.54, 1.807) is 0 Å². The highest BCUT2D eigenvalue weighted by Gasteiger charge is 2.92. The summed E-state index contributed by atoms with van der Waals surface area (Å²) in [6, 6.07) is 0. The van der Waals surface area contributed by atoms with E-state index in [0.717, 1.165) is 0 Å². The summed E-state index contributed by atoms with van der Waals surface area (Å²) in [5.41, 5.74) is 0. The Labute approximate surface area is 156 Å². The number of rotatable bonds is 7. The quantitative estimate of drug-likeness (QED) is 0.359. The maximum absolute atomic E-state index is 13.0. The first kappa shape index (κ1) is 31.8. The second-order valence-corrected chi connectivity index (χ2v) is 6.45. The van der Waals surface area contributed by atoms with Crippen LogP contribution < -0.4 is 0 Å². The van der Waals surface area contributed by atoms with Crippen LogP contribution in [0.5, 0.6) is 0 Å². The van der Waals surface area contributed by atoms with Gasteiger partial charge in [-0.2, -0.15) is 91.6 Å². The molecule has 190 valence electrons. The van der Waals surface area contributed by atoms with Crippen molar-refractivity contribution in [3.63, 3.8) is 0 Å². The zero-order valence-electron chi connectivity index (χ0n) is 12.9. The lowest BCUT2D eigenvalue weighted by atomic mass is 9.97. The number of hydrogen-bond donors (Lipinski definition) is 0. The standard InChI is InChI=1S/C8F18O3S.H2O/c9-1(10,3(13,14)5(17,18)19)2(11,12)4(15,16)7(23,24)29-30(27,28)8(25,26)6(20,21)22;/h;1H2. The van der Waals surface area contributed by atoms with Crippen LogP contribution in [0.1, 0.15) is 0 Å². The fourth-order valence-electron chi connectivity index (χ4n) is 1.14. The van der Waals surface area contributed by atoms with Gasteiger partial charge < -0.3 is 5.48 Å². The van der Waals surface area contributed by atoms with E-state index in [1.165, 1.54) is 4.18 Å². The second-order valence-electron chi connectivity index (χ2n) is 4.86. The van der Waals surface area contributed by atoms with Crippen molar-refractivity contribution >= 4 is 10.1 Å². The van der Waals surface area contributed by atoms with Crippen LogP contribution in [0.4, 0.5) is 79.0 Å². The van der Waals surface area contributed by atoms with Gasteiger partial charge in [0, 0.05) is 0 Å². The maximum atomic E-state index is 13.0. The third-order valence-corrected chi connectivity index (χ3v) is 4.05. The lowest BCUT2D eigenvalue weighted by Gasteiger charge is -2.39. The van der Waals surface area contributed by atoms with Crippen molar-refractivity contribution in [1.82, 2.24) is 0 Å². The zero-order valence-corrected chi connectivity index (χ0v) is 13.8. The minimum absolute atomic E-state index is 0. The summed E-state index contributed by atoms with van der Waals surface area (Å²) in [5, 5.41) is -7.59. The van der Waals surface area contributed by atoms with Gasteiger partial charge in [-0.25, -0.2) is 0 Å². The lowest BCUT2D eigenvalue weighted by molar-refractivity contribution is -0.457. The molecule has 2 N–H and O–H groups in total. The number of hydrogen-bond acceptors (Lipinski definition) is 3. The summed E-state index contributed by atoms with van der Waals surface area (Å²) in [5.74, 6) is -34.0. The minimum atomic E-state index is -8.66. The fraction of sp³-hybridized carbons (Fsp3) is 1.00.